The highest BCUT2D eigenvalue weighted by Crippen LogP contribution is 2.35. The Labute approximate surface area is 131 Å². The van der Waals surface area contributed by atoms with E-state index in [1.54, 1.807) is 0 Å². The number of nitrogens with zero attached hydrogens (tertiary/aromatic N) is 1. The molecular weight excluding hydrogens is 322 g/mol. The quantitative estimate of drug-likeness (QED) is 0.427. The number of hydrogen-bond acceptors (Lipinski definition) is 1. The summed E-state index contributed by atoms with van der Waals surface area (Å²) in [7, 11) is 0. The molecule has 0 bridgehead atoms. The molecule has 0 unspecified atom stereocenters. The van der Waals surface area contributed by atoms with Crippen molar-refractivity contribution in [3.8, 4) is 11.3 Å². The SMILES string of the molecule is Brc1cccc2cccc(-c3nccc4ccccc34)c12. The van der Waals surface area contributed by atoms with Gasteiger partial charge in [-0.2, -0.15) is 0 Å². The molecule has 0 amide bonds. The summed E-state index contributed by atoms with van der Waals surface area (Å²) in [5.74, 6) is 0. The van der Waals surface area contributed by atoms with Gasteiger partial charge in [0.1, 0.15) is 0 Å². The normalized spacial score (nSPS) is 11.1. The van der Waals surface area contributed by atoms with Gasteiger partial charge >= 0.3 is 0 Å². The van der Waals surface area contributed by atoms with Crippen molar-refractivity contribution < 1.29 is 0 Å². The smallest absolute Gasteiger partial charge is 0.0786 e. The molecular formula is C19H12BrN. The van der Waals surface area contributed by atoms with Crippen LogP contribution in [0.5, 0.6) is 0 Å². The molecule has 1 heterocycles. The molecule has 0 saturated carbocycles. The Morgan fingerprint density at radius 2 is 1.48 bits per heavy atom. The summed E-state index contributed by atoms with van der Waals surface area (Å²) in [4.78, 5) is 4.65. The zero-order chi connectivity index (χ0) is 14.2. The van der Waals surface area contributed by atoms with Gasteiger partial charge in [0.05, 0.1) is 5.69 Å². The summed E-state index contributed by atoms with van der Waals surface area (Å²) in [6.07, 6.45) is 1.88. The molecule has 0 aliphatic heterocycles. The molecule has 1 nitrogen and oxygen atoms in total. The maximum Gasteiger partial charge on any atom is 0.0786 e. The Kier molecular flexibility index (Phi) is 2.97. The van der Waals surface area contributed by atoms with Crippen molar-refractivity contribution in [2.75, 3.05) is 0 Å². The van der Waals surface area contributed by atoms with Crippen molar-refractivity contribution in [3.05, 3.63) is 77.4 Å². The van der Waals surface area contributed by atoms with Crippen LogP contribution in [-0.4, -0.2) is 4.98 Å². The van der Waals surface area contributed by atoms with Crippen LogP contribution in [0, 0.1) is 0 Å². The predicted octanol–water partition coefficient (Wildman–Crippen LogP) is 5.82. The van der Waals surface area contributed by atoms with E-state index in [-0.39, 0.29) is 0 Å². The van der Waals surface area contributed by atoms with Gasteiger partial charge in [-0.05, 0) is 22.9 Å². The molecule has 3 aromatic carbocycles. The molecule has 1 aromatic heterocycles. The van der Waals surface area contributed by atoms with Crippen molar-refractivity contribution in [2.45, 2.75) is 0 Å². The number of pyridine rings is 1. The lowest BCUT2D eigenvalue weighted by Crippen LogP contribution is -1.88. The van der Waals surface area contributed by atoms with Gasteiger partial charge in [0, 0.05) is 27.0 Å². The molecule has 4 rings (SSSR count). The second-order valence-electron chi connectivity index (χ2n) is 5.02. The lowest BCUT2D eigenvalue weighted by molar-refractivity contribution is 1.36. The number of aromatic nitrogens is 1. The van der Waals surface area contributed by atoms with E-state index in [0.29, 0.717) is 0 Å². The molecule has 0 atom stereocenters. The average molecular weight is 334 g/mol. The van der Waals surface area contributed by atoms with Crippen LogP contribution >= 0.6 is 15.9 Å². The highest BCUT2D eigenvalue weighted by molar-refractivity contribution is 9.10. The van der Waals surface area contributed by atoms with E-state index in [9.17, 15) is 0 Å². The Morgan fingerprint density at radius 1 is 0.714 bits per heavy atom. The fourth-order valence-electron chi connectivity index (χ4n) is 2.83. The summed E-state index contributed by atoms with van der Waals surface area (Å²) >= 11 is 3.68. The van der Waals surface area contributed by atoms with E-state index in [1.807, 2.05) is 6.20 Å². The van der Waals surface area contributed by atoms with Crippen LogP contribution in [0.3, 0.4) is 0 Å². The fourth-order valence-corrected chi connectivity index (χ4v) is 3.42. The van der Waals surface area contributed by atoms with Crippen LogP contribution in [0.2, 0.25) is 0 Å². The van der Waals surface area contributed by atoms with Crippen molar-refractivity contribution in [3.63, 3.8) is 0 Å². The van der Waals surface area contributed by atoms with Crippen LogP contribution in [0.15, 0.2) is 77.4 Å². The van der Waals surface area contributed by atoms with E-state index in [4.69, 9.17) is 0 Å². The average Bonchev–Trinajstić information content (AvgIpc) is 2.54. The Hall–Kier alpha value is -2.19. The molecule has 0 saturated heterocycles. The maximum atomic E-state index is 4.65. The first kappa shape index (κ1) is 12.5. The second-order valence-corrected chi connectivity index (χ2v) is 5.88. The third-order valence-electron chi connectivity index (χ3n) is 3.78. The molecule has 0 fully saturated rings. The molecule has 0 aliphatic rings. The second kappa shape index (κ2) is 4.97. The predicted molar refractivity (Wildman–Crippen MR) is 92.4 cm³/mol. The first-order valence-electron chi connectivity index (χ1n) is 6.86. The molecule has 0 aliphatic carbocycles. The zero-order valence-electron chi connectivity index (χ0n) is 11.3. The van der Waals surface area contributed by atoms with Crippen LogP contribution in [0.1, 0.15) is 0 Å². The maximum absolute atomic E-state index is 4.65. The lowest BCUT2D eigenvalue weighted by atomic mass is 9.98. The topological polar surface area (TPSA) is 12.9 Å². The summed E-state index contributed by atoms with van der Waals surface area (Å²) < 4.78 is 1.10. The highest BCUT2D eigenvalue weighted by Gasteiger charge is 2.10. The molecule has 100 valence electrons. The van der Waals surface area contributed by atoms with E-state index in [2.05, 4.69) is 87.6 Å². The lowest BCUT2D eigenvalue weighted by Gasteiger charge is -2.10. The van der Waals surface area contributed by atoms with E-state index < -0.39 is 0 Å². The summed E-state index contributed by atoms with van der Waals surface area (Å²) in [5, 5.41) is 4.83. The third-order valence-corrected chi connectivity index (χ3v) is 4.44. The molecule has 4 aromatic rings. The van der Waals surface area contributed by atoms with Gasteiger partial charge in [-0.1, -0.05) is 70.5 Å². The first-order chi connectivity index (χ1) is 10.3. The highest BCUT2D eigenvalue weighted by atomic mass is 79.9. The van der Waals surface area contributed by atoms with Crippen LogP contribution < -0.4 is 0 Å². The largest absolute Gasteiger partial charge is 0.256 e. The van der Waals surface area contributed by atoms with Gasteiger partial charge in [-0.3, -0.25) is 4.98 Å². The van der Waals surface area contributed by atoms with Crippen molar-refractivity contribution in [1.82, 2.24) is 4.98 Å². The molecule has 0 N–H and O–H groups in total. The molecule has 2 heteroatoms. The minimum atomic E-state index is 1.03. The van der Waals surface area contributed by atoms with Gasteiger partial charge in [0.15, 0.2) is 0 Å². The number of benzene rings is 3. The van der Waals surface area contributed by atoms with Crippen LogP contribution in [-0.2, 0) is 0 Å². The van der Waals surface area contributed by atoms with E-state index in [1.165, 1.54) is 21.5 Å². The standard InChI is InChI=1S/C19H12BrN/c20-17-10-4-7-14-6-3-9-16(18(14)17)19-15-8-2-1-5-13(15)11-12-21-19/h1-12H. The van der Waals surface area contributed by atoms with Gasteiger partial charge < -0.3 is 0 Å². The van der Waals surface area contributed by atoms with Gasteiger partial charge in [0.2, 0.25) is 0 Å². The van der Waals surface area contributed by atoms with Gasteiger partial charge in [-0.25, -0.2) is 0 Å². The fraction of sp³-hybridized carbons (Fsp3) is 0. The third kappa shape index (κ3) is 2.03. The van der Waals surface area contributed by atoms with Crippen LogP contribution in [0.25, 0.3) is 32.8 Å². The van der Waals surface area contributed by atoms with E-state index in [0.717, 1.165) is 15.7 Å². The number of hydrogen-bond donors (Lipinski definition) is 0. The minimum absolute atomic E-state index is 1.03. The van der Waals surface area contributed by atoms with Crippen molar-refractivity contribution >= 4 is 37.5 Å². The Morgan fingerprint density at radius 3 is 2.38 bits per heavy atom. The van der Waals surface area contributed by atoms with Crippen molar-refractivity contribution in [2.24, 2.45) is 0 Å². The summed E-state index contributed by atoms with van der Waals surface area (Å²) in [6.45, 7) is 0. The number of fused-ring (bicyclic) bond motifs is 2. The number of halogens is 1. The Balaban J connectivity index is 2.15. The van der Waals surface area contributed by atoms with Crippen molar-refractivity contribution in [1.29, 1.82) is 0 Å². The molecule has 0 radical (unpaired) electrons. The molecule has 0 spiro atoms. The minimum Gasteiger partial charge on any atom is -0.256 e. The van der Waals surface area contributed by atoms with Gasteiger partial charge in [-0.15, -0.1) is 0 Å². The van der Waals surface area contributed by atoms with E-state index >= 15 is 0 Å². The monoisotopic (exact) mass is 333 g/mol. The van der Waals surface area contributed by atoms with Gasteiger partial charge in [0.25, 0.3) is 0 Å². The first-order valence-corrected chi connectivity index (χ1v) is 7.65. The number of rotatable bonds is 1. The summed E-state index contributed by atoms with van der Waals surface area (Å²) in [6, 6.07) is 23.1. The summed E-state index contributed by atoms with van der Waals surface area (Å²) in [5.41, 5.74) is 2.20. The molecule has 21 heavy (non-hydrogen) atoms. The van der Waals surface area contributed by atoms with Crippen LogP contribution in [0.4, 0.5) is 0 Å². The zero-order valence-corrected chi connectivity index (χ0v) is 12.8. The Bertz CT molecular complexity index is 949.